The smallest absolute Gasteiger partial charge is 0.225 e. The Hall–Kier alpha value is -2.59. The van der Waals surface area contributed by atoms with Gasteiger partial charge in [-0.3, -0.25) is 4.79 Å². The van der Waals surface area contributed by atoms with Crippen LogP contribution in [0, 0.1) is 13.8 Å². The van der Waals surface area contributed by atoms with Crippen molar-refractivity contribution in [2.75, 3.05) is 20.6 Å². The molecule has 0 saturated carbocycles. The van der Waals surface area contributed by atoms with Crippen LogP contribution in [-0.2, 0) is 11.2 Å². The van der Waals surface area contributed by atoms with Gasteiger partial charge in [-0.25, -0.2) is 0 Å². The first-order chi connectivity index (χ1) is 12.5. The van der Waals surface area contributed by atoms with Crippen molar-refractivity contribution in [3.05, 3.63) is 71.0 Å². The molecule has 136 valence electrons. The molecule has 0 fully saturated rings. The summed E-state index contributed by atoms with van der Waals surface area (Å²) in [6.07, 6.45) is 2.02. The van der Waals surface area contributed by atoms with Gasteiger partial charge in [0.25, 0.3) is 0 Å². The van der Waals surface area contributed by atoms with Crippen LogP contribution in [0.3, 0.4) is 0 Å². The van der Waals surface area contributed by atoms with E-state index in [4.69, 9.17) is 4.42 Å². The maximum atomic E-state index is 12.7. The minimum Gasteiger partial charge on any atom is -0.464 e. The van der Waals surface area contributed by atoms with E-state index in [1.807, 2.05) is 57.4 Å². The Morgan fingerprint density at radius 2 is 1.85 bits per heavy atom. The summed E-state index contributed by atoms with van der Waals surface area (Å²) < 4.78 is 5.73. The first-order valence-corrected chi connectivity index (χ1v) is 8.91. The summed E-state index contributed by atoms with van der Waals surface area (Å²) in [7, 11) is 4.02. The van der Waals surface area contributed by atoms with Crippen molar-refractivity contribution in [2.24, 2.45) is 0 Å². The maximum absolute atomic E-state index is 12.7. The fourth-order valence-electron chi connectivity index (χ4n) is 3.23. The molecular weight excluding hydrogens is 324 g/mol. The molecule has 3 aromatic rings. The predicted octanol–water partition coefficient (Wildman–Crippen LogP) is 4.01. The van der Waals surface area contributed by atoms with Crippen molar-refractivity contribution >= 4 is 16.9 Å². The molecular formula is C22H26N2O2. The predicted molar refractivity (Wildman–Crippen MR) is 105 cm³/mol. The Bertz CT molecular complexity index is 897. The first kappa shape index (κ1) is 18.2. The molecule has 0 saturated heterocycles. The molecule has 1 amide bonds. The molecule has 0 spiro atoms. The minimum absolute atomic E-state index is 0.00151. The fourth-order valence-corrected chi connectivity index (χ4v) is 3.23. The number of carbonyl (C=O) groups is 1. The van der Waals surface area contributed by atoms with Gasteiger partial charge in [0.05, 0.1) is 18.7 Å². The van der Waals surface area contributed by atoms with E-state index in [0.717, 1.165) is 34.2 Å². The largest absolute Gasteiger partial charge is 0.464 e. The Morgan fingerprint density at radius 1 is 1.12 bits per heavy atom. The lowest BCUT2D eigenvalue weighted by Crippen LogP contribution is -2.36. The maximum Gasteiger partial charge on any atom is 0.225 e. The zero-order valence-corrected chi connectivity index (χ0v) is 15.9. The van der Waals surface area contributed by atoms with Crippen molar-refractivity contribution in [1.29, 1.82) is 0 Å². The van der Waals surface area contributed by atoms with Gasteiger partial charge in [0.1, 0.15) is 5.58 Å². The lowest BCUT2D eigenvalue weighted by molar-refractivity contribution is -0.121. The molecule has 1 heterocycles. The molecule has 0 bridgehead atoms. The van der Waals surface area contributed by atoms with Crippen molar-refractivity contribution in [2.45, 2.75) is 26.3 Å². The number of carbonyl (C=O) groups excluding carboxylic acids is 1. The molecule has 1 atom stereocenters. The number of likely N-dealkylation sites (N-methyl/N-ethyl adjacent to an activating group) is 1. The van der Waals surface area contributed by atoms with Gasteiger partial charge in [-0.1, -0.05) is 42.5 Å². The third-order valence-electron chi connectivity index (χ3n) is 4.78. The molecule has 0 aliphatic carbocycles. The quantitative estimate of drug-likeness (QED) is 0.730. The highest BCUT2D eigenvalue weighted by Gasteiger charge is 2.18. The number of fused-ring (bicyclic) bond motifs is 1. The SMILES string of the molecule is Cc1ccc2c(CC(=O)N[C@@H](CN(C)C)c3ccccc3)coc2c1C. The average Bonchev–Trinajstić information content (AvgIpc) is 3.01. The highest BCUT2D eigenvalue weighted by atomic mass is 16.3. The van der Waals surface area contributed by atoms with E-state index in [-0.39, 0.29) is 11.9 Å². The summed E-state index contributed by atoms with van der Waals surface area (Å²) in [5.74, 6) is 0.00151. The Labute approximate surface area is 154 Å². The number of nitrogens with one attached hydrogen (secondary N) is 1. The van der Waals surface area contributed by atoms with Gasteiger partial charge >= 0.3 is 0 Å². The highest BCUT2D eigenvalue weighted by molar-refractivity contribution is 5.89. The number of amides is 1. The Morgan fingerprint density at radius 3 is 2.54 bits per heavy atom. The Kier molecular flexibility index (Phi) is 5.43. The van der Waals surface area contributed by atoms with Gasteiger partial charge in [0.15, 0.2) is 0 Å². The van der Waals surface area contributed by atoms with Crippen molar-refractivity contribution in [1.82, 2.24) is 10.2 Å². The van der Waals surface area contributed by atoms with E-state index in [0.29, 0.717) is 6.42 Å². The van der Waals surface area contributed by atoms with Crippen molar-refractivity contribution in [3.63, 3.8) is 0 Å². The van der Waals surface area contributed by atoms with E-state index in [1.54, 1.807) is 6.26 Å². The van der Waals surface area contributed by atoms with Crippen molar-refractivity contribution in [3.8, 4) is 0 Å². The van der Waals surface area contributed by atoms with Gasteiger partial charge in [-0.15, -0.1) is 0 Å². The normalized spacial score (nSPS) is 12.5. The van der Waals surface area contributed by atoms with Gasteiger partial charge in [-0.2, -0.15) is 0 Å². The molecule has 1 aromatic heterocycles. The van der Waals surface area contributed by atoms with E-state index in [9.17, 15) is 4.79 Å². The number of rotatable bonds is 6. The zero-order chi connectivity index (χ0) is 18.7. The zero-order valence-electron chi connectivity index (χ0n) is 15.9. The summed E-state index contributed by atoms with van der Waals surface area (Å²) in [5.41, 5.74) is 5.23. The summed E-state index contributed by atoms with van der Waals surface area (Å²) in [5, 5.41) is 4.19. The summed E-state index contributed by atoms with van der Waals surface area (Å²) in [4.78, 5) is 14.8. The first-order valence-electron chi connectivity index (χ1n) is 8.91. The standard InChI is InChI=1S/C22H26N2O2/c1-15-10-11-19-18(14-26-22(19)16(15)2)12-21(25)23-20(13-24(3)4)17-8-6-5-7-9-17/h5-11,14,20H,12-13H2,1-4H3,(H,23,25)/t20-/m0/s1. The molecule has 0 aliphatic rings. The lowest BCUT2D eigenvalue weighted by atomic mass is 10.0. The second kappa shape index (κ2) is 7.75. The van der Waals surface area contributed by atoms with Gasteiger partial charge < -0.3 is 14.6 Å². The van der Waals surface area contributed by atoms with Crippen LogP contribution in [0.2, 0.25) is 0 Å². The molecule has 0 unspecified atom stereocenters. The number of aryl methyl sites for hydroxylation is 2. The third-order valence-corrected chi connectivity index (χ3v) is 4.78. The molecule has 26 heavy (non-hydrogen) atoms. The average molecular weight is 350 g/mol. The summed E-state index contributed by atoms with van der Waals surface area (Å²) in [6, 6.07) is 14.2. The summed E-state index contributed by atoms with van der Waals surface area (Å²) >= 11 is 0. The molecule has 1 N–H and O–H groups in total. The molecule has 4 nitrogen and oxygen atoms in total. The van der Waals surface area contributed by atoms with Crippen LogP contribution in [0.15, 0.2) is 53.1 Å². The van der Waals surface area contributed by atoms with E-state index in [2.05, 4.69) is 23.2 Å². The monoisotopic (exact) mass is 350 g/mol. The minimum atomic E-state index is -0.0409. The molecule has 0 aliphatic heterocycles. The summed E-state index contributed by atoms with van der Waals surface area (Å²) in [6.45, 7) is 4.86. The van der Waals surface area contributed by atoms with E-state index >= 15 is 0 Å². The Balaban J connectivity index is 1.78. The number of hydrogen-bond acceptors (Lipinski definition) is 3. The number of hydrogen-bond donors (Lipinski definition) is 1. The van der Waals surface area contributed by atoms with Crippen LogP contribution >= 0.6 is 0 Å². The van der Waals surface area contributed by atoms with Gasteiger partial charge in [0.2, 0.25) is 5.91 Å². The lowest BCUT2D eigenvalue weighted by Gasteiger charge is -2.22. The molecule has 4 heteroatoms. The van der Waals surface area contributed by atoms with Gasteiger partial charge in [0, 0.05) is 17.5 Å². The van der Waals surface area contributed by atoms with E-state index in [1.165, 1.54) is 5.56 Å². The molecule has 2 aromatic carbocycles. The number of benzene rings is 2. The number of furan rings is 1. The highest BCUT2D eigenvalue weighted by Crippen LogP contribution is 2.27. The van der Waals surface area contributed by atoms with Crippen LogP contribution < -0.4 is 5.32 Å². The van der Waals surface area contributed by atoms with Crippen LogP contribution in [0.25, 0.3) is 11.0 Å². The van der Waals surface area contributed by atoms with Gasteiger partial charge in [-0.05, 0) is 44.6 Å². The number of nitrogens with zero attached hydrogens (tertiary/aromatic N) is 1. The second-order valence-electron chi connectivity index (χ2n) is 7.11. The topological polar surface area (TPSA) is 45.5 Å². The molecule has 3 rings (SSSR count). The van der Waals surface area contributed by atoms with Crippen LogP contribution in [-0.4, -0.2) is 31.4 Å². The second-order valence-corrected chi connectivity index (χ2v) is 7.11. The fraction of sp³-hybridized carbons (Fsp3) is 0.318. The third kappa shape index (κ3) is 3.97. The molecule has 0 radical (unpaired) electrons. The van der Waals surface area contributed by atoms with Crippen LogP contribution in [0.5, 0.6) is 0 Å². The van der Waals surface area contributed by atoms with E-state index < -0.39 is 0 Å². The van der Waals surface area contributed by atoms with Crippen molar-refractivity contribution < 1.29 is 9.21 Å². The van der Waals surface area contributed by atoms with Crippen LogP contribution in [0.1, 0.15) is 28.3 Å². The van der Waals surface area contributed by atoms with Crippen LogP contribution in [0.4, 0.5) is 0 Å².